The average Bonchev–Trinajstić information content (AvgIpc) is 1.77. The lowest BCUT2D eigenvalue weighted by Gasteiger charge is -2.23. The van der Waals surface area contributed by atoms with Gasteiger partial charge >= 0.3 is 0 Å². The predicted octanol–water partition coefficient (Wildman–Crippen LogP) is 1.06. The molecule has 0 radical (unpaired) electrons. The molecule has 0 amide bonds. The lowest BCUT2D eigenvalue weighted by Crippen LogP contribution is -2.26. The Kier molecular flexibility index (Phi) is 1.99. The third-order valence-corrected chi connectivity index (χ3v) is 1.95. The smallest absolute Gasteiger partial charge is 0.0587 e. The lowest BCUT2D eigenvalue weighted by molar-refractivity contribution is 0.394. The van der Waals surface area contributed by atoms with Crippen LogP contribution in [0.3, 0.4) is 0 Å². The van der Waals surface area contributed by atoms with E-state index in [2.05, 4.69) is 50.3 Å². The van der Waals surface area contributed by atoms with Crippen molar-refractivity contribution in [2.45, 2.75) is 0 Å². The van der Waals surface area contributed by atoms with Crippen molar-refractivity contribution in [3.63, 3.8) is 0 Å². The Morgan fingerprint density at radius 2 is 2.12 bits per heavy atom. The van der Waals surface area contributed by atoms with E-state index in [1.54, 1.807) is 0 Å². The molecule has 1 aliphatic heterocycles. The maximum Gasteiger partial charge on any atom is 0.0587 e. The van der Waals surface area contributed by atoms with Crippen LogP contribution >= 0.6 is 22.9 Å². The molecule has 0 atom stereocenters. The van der Waals surface area contributed by atoms with Gasteiger partial charge in [0.2, 0.25) is 0 Å². The summed E-state index contributed by atoms with van der Waals surface area (Å²) >= 11 is 2.29. The molecule has 0 saturated carbocycles. The van der Waals surface area contributed by atoms with Crippen LogP contribution in [0.15, 0.2) is 12.4 Å². The Hall–Kier alpha value is 0.0700. The SMILES string of the molecule is CN1C=CN(I)CC1. The van der Waals surface area contributed by atoms with Gasteiger partial charge in [0, 0.05) is 32.5 Å². The molecular formula is C5H9IN2. The molecule has 1 heterocycles. The molecule has 0 aromatic heterocycles. The molecule has 0 spiro atoms. The van der Waals surface area contributed by atoms with Crippen LogP contribution in [0.4, 0.5) is 0 Å². The summed E-state index contributed by atoms with van der Waals surface area (Å²) in [6, 6.07) is 0. The van der Waals surface area contributed by atoms with Crippen molar-refractivity contribution < 1.29 is 0 Å². The fourth-order valence-electron chi connectivity index (χ4n) is 0.588. The highest BCUT2D eigenvalue weighted by atomic mass is 127. The number of hydrogen-bond acceptors (Lipinski definition) is 2. The zero-order valence-corrected chi connectivity index (χ0v) is 7.00. The molecule has 0 aliphatic carbocycles. The van der Waals surface area contributed by atoms with Crippen molar-refractivity contribution in [2.75, 3.05) is 20.1 Å². The highest BCUT2D eigenvalue weighted by Crippen LogP contribution is 2.04. The summed E-state index contributed by atoms with van der Waals surface area (Å²) in [5.41, 5.74) is 0. The Bertz CT molecular complexity index is 90.6. The quantitative estimate of drug-likeness (QED) is 0.448. The highest BCUT2D eigenvalue weighted by molar-refractivity contribution is 14.1. The predicted molar refractivity (Wildman–Crippen MR) is 42.5 cm³/mol. The highest BCUT2D eigenvalue weighted by Gasteiger charge is 2.00. The van der Waals surface area contributed by atoms with Gasteiger partial charge < -0.3 is 8.01 Å². The summed E-state index contributed by atoms with van der Waals surface area (Å²) < 4.78 is 2.15. The van der Waals surface area contributed by atoms with Crippen LogP contribution in [0.2, 0.25) is 0 Å². The van der Waals surface area contributed by atoms with Gasteiger partial charge in [0.15, 0.2) is 0 Å². The molecule has 0 unspecified atom stereocenters. The van der Waals surface area contributed by atoms with Crippen LogP contribution in [-0.4, -0.2) is 28.2 Å². The third-order valence-electron chi connectivity index (χ3n) is 1.15. The first-order valence-corrected chi connectivity index (χ1v) is 3.56. The van der Waals surface area contributed by atoms with Crippen LogP contribution in [0.1, 0.15) is 0 Å². The molecule has 2 nitrogen and oxygen atoms in total. The Morgan fingerprint density at radius 1 is 1.38 bits per heavy atom. The summed E-state index contributed by atoms with van der Waals surface area (Å²) in [5.74, 6) is 0. The minimum atomic E-state index is 1.13. The van der Waals surface area contributed by atoms with E-state index in [4.69, 9.17) is 0 Å². The number of nitrogens with zero attached hydrogens (tertiary/aromatic N) is 2. The second-order valence-corrected chi connectivity index (χ2v) is 3.14. The summed E-state index contributed by atoms with van der Waals surface area (Å²) in [5, 5.41) is 0. The van der Waals surface area contributed by atoms with Crippen LogP contribution in [0.25, 0.3) is 0 Å². The zero-order chi connectivity index (χ0) is 5.98. The van der Waals surface area contributed by atoms with Gasteiger partial charge in [-0.3, -0.25) is 0 Å². The standard InChI is InChI=1S/C5H9IN2/c1-7-2-4-8(6)5-3-7/h2,4H,3,5H2,1H3. The van der Waals surface area contributed by atoms with Gasteiger partial charge in [-0.25, -0.2) is 0 Å². The fraction of sp³-hybridized carbons (Fsp3) is 0.600. The molecule has 1 aliphatic rings. The topological polar surface area (TPSA) is 6.48 Å². The maximum atomic E-state index is 2.29. The largest absolute Gasteiger partial charge is 0.377 e. The molecule has 0 saturated heterocycles. The number of rotatable bonds is 0. The van der Waals surface area contributed by atoms with Gasteiger partial charge in [0.05, 0.1) is 22.9 Å². The molecular weight excluding hydrogens is 215 g/mol. The fourth-order valence-corrected chi connectivity index (χ4v) is 0.948. The van der Waals surface area contributed by atoms with Crippen molar-refractivity contribution in [3.05, 3.63) is 12.4 Å². The first kappa shape index (κ1) is 6.19. The Labute approximate surface area is 63.6 Å². The number of halogens is 1. The number of likely N-dealkylation sites (N-methyl/N-ethyl adjacent to an activating group) is 1. The van der Waals surface area contributed by atoms with Crippen molar-refractivity contribution in [1.29, 1.82) is 0 Å². The minimum absolute atomic E-state index is 1.13. The average molecular weight is 224 g/mol. The van der Waals surface area contributed by atoms with Crippen LogP contribution in [-0.2, 0) is 0 Å². The van der Waals surface area contributed by atoms with Gasteiger partial charge in [0.1, 0.15) is 0 Å². The first-order valence-electron chi connectivity index (χ1n) is 2.60. The van der Waals surface area contributed by atoms with E-state index < -0.39 is 0 Å². The second-order valence-electron chi connectivity index (χ2n) is 1.90. The third kappa shape index (κ3) is 1.54. The number of hydrogen-bond donors (Lipinski definition) is 0. The molecule has 0 aromatic rings. The molecule has 0 bridgehead atoms. The van der Waals surface area contributed by atoms with E-state index in [0.29, 0.717) is 0 Å². The summed E-state index contributed by atoms with van der Waals surface area (Å²) in [4.78, 5) is 2.18. The molecule has 3 heteroatoms. The van der Waals surface area contributed by atoms with E-state index in [9.17, 15) is 0 Å². The normalized spacial score (nSPS) is 19.8. The van der Waals surface area contributed by atoms with Crippen molar-refractivity contribution >= 4 is 22.9 Å². The van der Waals surface area contributed by atoms with E-state index in [1.807, 2.05) is 0 Å². The molecule has 1 rings (SSSR count). The Balaban J connectivity index is 2.42. The molecule has 46 valence electrons. The monoisotopic (exact) mass is 224 g/mol. The molecule has 0 N–H and O–H groups in total. The molecule has 8 heavy (non-hydrogen) atoms. The summed E-state index contributed by atoms with van der Waals surface area (Å²) in [6.07, 6.45) is 4.15. The molecule has 0 aromatic carbocycles. The minimum Gasteiger partial charge on any atom is -0.377 e. The van der Waals surface area contributed by atoms with Gasteiger partial charge in [-0.2, -0.15) is 0 Å². The summed E-state index contributed by atoms with van der Waals surface area (Å²) in [6.45, 7) is 2.27. The van der Waals surface area contributed by atoms with E-state index >= 15 is 0 Å². The van der Waals surface area contributed by atoms with Crippen molar-refractivity contribution in [2.24, 2.45) is 0 Å². The Morgan fingerprint density at radius 3 is 2.50 bits per heavy atom. The van der Waals surface area contributed by atoms with Crippen LogP contribution in [0, 0.1) is 0 Å². The van der Waals surface area contributed by atoms with E-state index in [1.165, 1.54) is 0 Å². The first-order chi connectivity index (χ1) is 3.79. The van der Waals surface area contributed by atoms with Crippen molar-refractivity contribution in [1.82, 2.24) is 8.01 Å². The summed E-state index contributed by atoms with van der Waals surface area (Å²) in [7, 11) is 2.08. The van der Waals surface area contributed by atoms with Crippen molar-refractivity contribution in [3.8, 4) is 0 Å². The maximum absolute atomic E-state index is 2.29. The molecule has 0 fully saturated rings. The van der Waals surface area contributed by atoms with Crippen LogP contribution in [0.5, 0.6) is 0 Å². The second kappa shape index (κ2) is 2.57. The lowest BCUT2D eigenvalue weighted by atomic mass is 10.5. The van der Waals surface area contributed by atoms with Gasteiger partial charge in [0.25, 0.3) is 0 Å². The van der Waals surface area contributed by atoms with Gasteiger partial charge in [-0.15, -0.1) is 0 Å². The van der Waals surface area contributed by atoms with E-state index in [0.717, 1.165) is 13.1 Å². The zero-order valence-electron chi connectivity index (χ0n) is 4.84. The van der Waals surface area contributed by atoms with E-state index in [-0.39, 0.29) is 0 Å². The van der Waals surface area contributed by atoms with Gasteiger partial charge in [-0.1, -0.05) is 0 Å². The van der Waals surface area contributed by atoms with Crippen LogP contribution < -0.4 is 0 Å². The van der Waals surface area contributed by atoms with Gasteiger partial charge in [-0.05, 0) is 0 Å².